The molecule has 0 aliphatic rings. The molecule has 2 aromatic rings. The molecule has 0 amide bonds. The summed E-state index contributed by atoms with van der Waals surface area (Å²) in [5, 5.41) is 9.85. The highest BCUT2D eigenvalue weighted by Gasteiger charge is 2.20. The summed E-state index contributed by atoms with van der Waals surface area (Å²) in [5.41, 5.74) is 0.809. The molecule has 4 nitrogen and oxygen atoms in total. The first kappa shape index (κ1) is 15.2. The quantitative estimate of drug-likeness (QED) is 0.888. The van der Waals surface area contributed by atoms with Crippen molar-refractivity contribution in [3.8, 4) is 11.5 Å². The van der Waals surface area contributed by atoms with Gasteiger partial charge in [-0.1, -0.05) is 23.7 Å². The molecule has 5 heteroatoms. The second-order valence-electron chi connectivity index (χ2n) is 4.45. The molecule has 0 radical (unpaired) electrons. The smallest absolute Gasteiger partial charge is 0.345 e. The number of rotatable bonds is 6. The van der Waals surface area contributed by atoms with Gasteiger partial charge in [-0.15, -0.1) is 0 Å². The fraction of sp³-hybridized carbons (Fsp3) is 0.188. The summed E-state index contributed by atoms with van der Waals surface area (Å²) in [6.07, 6.45) is -0.737. The Bertz CT molecular complexity index is 610. The molecule has 0 heterocycles. The average Bonchev–Trinajstić information content (AvgIpc) is 2.47. The highest BCUT2D eigenvalue weighted by Crippen LogP contribution is 2.20. The lowest BCUT2D eigenvalue weighted by molar-refractivity contribution is -0.145. The maximum Gasteiger partial charge on any atom is 0.345 e. The molecular weight excluding hydrogens is 292 g/mol. The molecule has 0 aliphatic heterocycles. The van der Waals surface area contributed by atoms with E-state index in [1.54, 1.807) is 49.6 Å². The van der Waals surface area contributed by atoms with Crippen molar-refractivity contribution in [3.63, 3.8) is 0 Å². The van der Waals surface area contributed by atoms with Gasteiger partial charge in [0.15, 0.2) is 6.10 Å². The van der Waals surface area contributed by atoms with Gasteiger partial charge in [0.2, 0.25) is 0 Å². The number of benzene rings is 2. The molecule has 21 heavy (non-hydrogen) atoms. The lowest BCUT2D eigenvalue weighted by atomic mass is 10.1. The number of hydrogen-bond donors (Lipinski definition) is 1. The van der Waals surface area contributed by atoms with Crippen LogP contribution < -0.4 is 9.47 Å². The molecule has 0 bridgehead atoms. The maximum absolute atomic E-state index is 11.3. The van der Waals surface area contributed by atoms with E-state index in [2.05, 4.69) is 0 Å². The number of carbonyl (C=O) groups is 1. The Morgan fingerprint density at radius 1 is 1.19 bits per heavy atom. The normalized spacial score (nSPS) is 11.7. The third-order valence-electron chi connectivity index (χ3n) is 2.92. The number of methoxy groups -OCH3 is 1. The van der Waals surface area contributed by atoms with Crippen LogP contribution in [-0.2, 0) is 11.2 Å². The van der Waals surface area contributed by atoms with Crippen molar-refractivity contribution in [2.24, 2.45) is 0 Å². The predicted molar refractivity (Wildman–Crippen MR) is 80.2 cm³/mol. The highest BCUT2D eigenvalue weighted by molar-refractivity contribution is 6.30. The van der Waals surface area contributed by atoms with E-state index in [0.29, 0.717) is 16.5 Å². The molecule has 0 saturated carbocycles. The summed E-state index contributed by atoms with van der Waals surface area (Å²) in [4.78, 5) is 11.3. The number of ether oxygens (including phenoxy) is 2. The van der Waals surface area contributed by atoms with E-state index in [9.17, 15) is 9.90 Å². The van der Waals surface area contributed by atoms with Crippen LogP contribution in [0.5, 0.6) is 11.5 Å². The largest absolute Gasteiger partial charge is 0.497 e. The summed E-state index contributed by atoms with van der Waals surface area (Å²) in [5.74, 6) is 0.139. The summed E-state index contributed by atoms with van der Waals surface area (Å²) < 4.78 is 10.6. The Kier molecular flexibility index (Phi) is 5.06. The van der Waals surface area contributed by atoms with Crippen molar-refractivity contribution < 1.29 is 19.4 Å². The topological polar surface area (TPSA) is 55.8 Å². The van der Waals surface area contributed by atoms with Gasteiger partial charge in [-0.2, -0.15) is 0 Å². The van der Waals surface area contributed by atoms with Gasteiger partial charge in [-0.05, 0) is 42.0 Å². The Morgan fingerprint density at radius 3 is 2.43 bits per heavy atom. The first-order valence-corrected chi connectivity index (χ1v) is 6.74. The van der Waals surface area contributed by atoms with Gasteiger partial charge in [0.1, 0.15) is 11.5 Å². The van der Waals surface area contributed by atoms with E-state index >= 15 is 0 Å². The molecular formula is C16H15ClO4. The first-order chi connectivity index (χ1) is 10.1. The zero-order valence-electron chi connectivity index (χ0n) is 11.5. The van der Waals surface area contributed by atoms with Crippen molar-refractivity contribution in [2.45, 2.75) is 12.5 Å². The van der Waals surface area contributed by atoms with Crippen LogP contribution in [0, 0.1) is 0 Å². The fourth-order valence-electron chi connectivity index (χ4n) is 1.88. The Morgan fingerprint density at radius 2 is 1.86 bits per heavy atom. The van der Waals surface area contributed by atoms with Crippen LogP contribution in [0.4, 0.5) is 0 Å². The van der Waals surface area contributed by atoms with Crippen molar-refractivity contribution in [3.05, 3.63) is 59.1 Å². The molecule has 2 rings (SSSR count). The van der Waals surface area contributed by atoms with E-state index < -0.39 is 12.1 Å². The van der Waals surface area contributed by atoms with Crippen molar-refractivity contribution in [1.29, 1.82) is 0 Å². The van der Waals surface area contributed by atoms with Crippen LogP contribution in [0.25, 0.3) is 0 Å². The van der Waals surface area contributed by atoms with Gasteiger partial charge in [0.25, 0.3) is 0 Å². The van der Waals surface area contributed by atoms with Gasteiger partial charge in [0, 0.05) is 11.4 Å². The third-order valence-corrected chi connectivity index (χ3v) is 3.16. The average molecular weight is 307 g/mol. The van der Waals surface area contributed by atoms with Crippen LogP contribution in [0.2, 0.25) is 5.02 Å². The second kappa shape index (κ2) is 6.99. The number of halogens is 1. The minimum atomic E-state index is -1.02. The second-order valence-corrected chi connectivity index (χ2v) is 4.89. The van der Waals surface area contributed by atoms with Crippen molar-refractivity contribution >= 4 is 17.6 Å². The number of aliphatic carboxylic acids is 1. The van der Waals surface area contributed by atoms with Crippen LogP contribution in [0.15, 0.2) is 48.5 Å². The number of carboxylic acids is 1. The van der Waals surface area contributed by atoms with Crippen LogP contribution in [0.1, 0.15) is 5.56 Å². The van der Waals surface area contributed by atoms with E-state index in [-0.39, 0.29) is 6.42 Å². The summed E-state index contributed by atoms with van der Waals surface area (Å²) in [7, 11) is 1.56. The van der Waals surface area contributed by atoms with E-state index in [4.69, 9.17) is 21.1 Å². The van der Waals surface area contributed by atoms with Crippen LogP contribution in [-0.4, -0.2) is 24.3 Å². The molecule has 0 aliphatic carbocycles. The third kappa shape index (κ3) is 4.39. The summed E-state index contributed by atoms with van der Waals surface area (Å²) in [6, 6.07) is 13.9. The summed E-state index contributed by atoms with van der Waals surface area (Å²) >= 11 is 5.90. The lowest BCUT2D eigenvalue weighted by Gasteiger charge is -2.15. The molecule has 0 fully saturated rings. The maximum atomic E-state index is 11.3. The molecule has 2 aromatic carbocycles. The van der Waals surface area contributed by atoms with Crippen molar-refractivity contribution in [1.82, 2.24) is 0 Å². The van der Waals surface area contributed by atoms with E-state index in [0.717, 1.165) is 5.56 Å². The van der Waals surface area contributed by atoms with Gasteiger partial charge in [-0.3, -0.25) is 0 Å². The number of carboxylic acid groups (broad SMARTS) is 1. The predicted octanol–water partition coefficient (Wildman–Crippen LogP) is 3.42. The molecule has 0 saturated heterocycles. The van der Waals surface area contributed by atoms with E-state index in [1.807, 2.05) is 6.07 Å². The molecule has 110 valence electrons. The minimum Gasteiger partial charge on any atom is -0.497 e. The Balaban J connectivity index is 2.10. The fourth-order valence-corrected chi connectivity index (χ4v) is 2.09. The van der Waals surface area contributed by atoms with Gasteiger partial charge >= 0.3 is 5.97 Å². The highest BCUT2D eigenvalue weighted by atomic mass is 35.5. The zero-order chi connectivity index (χ0) is 15.2. The number of hydrogen-bond acceptors (Lipinski definition) is 3. The molecule has 1 unspecified atom stereocenters. The Labute approximate surface area is 127 Å². The summed E-state index contributed by atoms with van der Waals surface area (Å²) in [6.45, 7) is 0. The zero-order valence-corrected chi connectivity index (χ0v) is 12.2. The molecule has 1 N–H and O–H groups in total. The van der Waals surface area contributed by atoms with E-state index in [1.165, 1.54) is 0 Å². The molecule has 0 spiro atoms. The van der Waals surface area contributed by atoms with Gasteiger partial charge in [0.05, 0.1) is 7.11 Å². The molecule has 1 atom stereocenters. The van der Waals surface area contributed by atoms with Crippen LogP contribution in [0.3, 0.4) is 0 Å². The molecule has 0 aromatic heterocycles. The first-order valence-electron chi connectivity index (χ1n) is 6.36. The van der Waals surface area contributed by atoms with Gasteiger partial charge < -0.3 is 14.6 Å². The Hall–Kier alpha value is -2.20. The monoisotopic (exact) mass is 306 g/mol. The standard InChI is InChI=1S/C16H15ClO4/c1-20-13-5-7-14(8-6-13)21-15(16(18)19)10-11-3-2-4-12(17)9-11/h2-9,15H,10H2,1H3,(H,18,19). The lowest BCUT2D eigenvalue weighted by Crippen LogP contribution is -2.29. The minimum absolute atomic E-state index is 0.238. The van der Waals surface area contributed by atoms with Crippen LogP contribution >= 0.6 is 11.6 Å². The SMILES string of the molecule is COc1ccc(OC(Cc2cccc(Cl)c2)C(=O)O)cc1. The van der Waals surface area contributed by atoms with Gasteiger partial charge in [-0.25, -0.2) is 4.79 Å². The van der Waals surface area contributed by atoms with Crippen molar-refractivity contribution in [2.75, 3.05) is 7.11 Å².